The van der Waals surface area contributed by atoms with E-state index < -0.39 is 55.2 Å². The molecule has 0 saturated carbocycles. The van der Waals surface area contributed by atoms with Crippen LogP contribution < -0.4 is 4.74 Å². The van der Waals surface area contributed by atoms with Gasteiger partial charge in [-0.05, 0) is 42.0 Å². The number of aliphatic hydroxyl groups is 1. The van der Waals surface area contributed by atoms with Gasteiger partial charge >= 0.3 is 5.97 Å². The number of carbonyl (C=O) groups excluding carboxylic acids is 1. The van der Waals surface area contributed by atoms with E-state index in [9.17, 15) is 9.90 Å². The second kappa shape index (κ2) is 11.4. The molecule has 2 heterocycles. The van der Waals surface area contributed by atoms with Crippen LogP contribution in [-0.2, 0) is 24.6 Å². The first kappa shape index (κ1) is 34.4. The highest BCUT2D eigenvalue weighted by Crippen LogP contribution is 2.56. The van der Waals surface area contributed by atoms with Crippen molar-refractivity contribution in [3.05, 3.63) is 75.7 Å². The molecule has 0 bridgehead atoms. The Hall–Kier alpha value is -2.12. The molecule has 1 unspecified atom stereocenters. The van der Waals surface area contributed by atoms with Gasteiger partial charge in [0.15, 0.2) is 0 Å². The van der Waals surface area contributed by atoms with Crippen LogP contribution in [0.2, 0.25) is 78.6 Å². The smallest absolute Gasteiger partial charge is 0.343 e. The Morgan fingerprint density at radius 1 is 0.714 bits per heavy atom. The molecule has 1 aromatic carbocycles. The second-order valence-corrected chi connectivity index (χ2v) is 35.6. The van der Waals surface area contributed by atoms with E-state index in [2.05, 4.69) is 103 Å². The molecule has 0 spiro atoms. The lowest BCUT2D eigenvalue weighted by Gasteiger charge is -2.50. The van der Waals surface area contributed by atoms with Crippen LogP contribution in [0.25, 0.3) is 0 Å². The summed E-state index contributed by atoms with van der Waals surface area (Å²) in [7, 11) is -5.17. The third kappa shape index (κ3) is 6.52. The topological polar surface area (TPSA) is 74.2 Å². The maximum absolute atomic E-state index is 14.2. The summed E-state index contributed by atoms with van der Waals surface area (Å²) < 4.78 is 24.3. The maximum Gasteiger partial charge on any atom is 0.343 e. The molecule has 1 aromatic rings. The van der Waals surface area contributed by atoms with Gasteiger partial charge in [0, 0.05) is 5.92 Å². The molecule has 1 atom stereocenters. The van der Waals surface area contributed by atoms with Crippen LogP contribution in [0.5, 0.6) is 5.75 Å². The zero-order valence-electron chi connectivity index (χ0n) is 28.2. The van der Waals surface area contributed by atoms with E-state index >= 15 is 0 Å². The molecular weight excluding hydrogens is 593 g/mol. The first-order chi connectivity index (χ1) is 19.0. The highest BCUT2D eigenvalue weighted by atomic mass is 28.3. The van der Waals surface area contributed by atoms with Crippen molar-refractivity contribution < 1.29 is 28.8 Å². The van der Waals surface area contributed by atoms with Gasteiger partial charge in [-0.15, -0.1) is 0 Å². The van der Waals surface area contributed by atoms with E-state index in [1.54, 1.807) is 31.4 Å². The Morgan fingerprint density at radius 2 is 1.10 bits per heavy atom. The Balaban J connectivity index is 2.61. The molecule has 1 N–H and O–H groups in total. The summed E-state index contributed by atoms with van der Waals surface area (Å²) in [6, 6.07) is 7.09. The molecule has 0 saturated heterocycles. The van der Waals surface area contributed by atoms with E-state index in [1.165, 1.54) is 7.11 Å². The van der Waals surface area contributed by atoms with E-state index in [0.29, 0.717) is 11.3 Å². The fraction of sp³-hybridized carbons (Fsp3) is 0.531. The lowest BCUT2D eigenvalue weighted by Crippen LogP contribution is -2.56. The van der Waals surface area contributed by atoms with Crippen molar-refractivity contribution in [2.75, 3.05) is 14.2 Å². The van der Waals surface area contributed by atoms with Gasteiger partial charge in [-0.25, -0.2) is 4.79 Å². The summed E-state index contributed by atoms with van der Waals surface area (Å²) in [5.74, 6) is -0.483. The van der Waals surface area contributed by atoms with Crippen molar-refractivity contribution in [3.63, 3.8) is 0 Å². The summed E-state index contributed by atoms with van der Waals surface area (Å²) >= 11 is 0. The SMILES string of the molecule is COC(=O)C(O)(c1ccc(OC)cc1)C1(C2C=C([Si](C)(C)C)OC([Si](C)(C)C)=C2)C=C([Si](C)(C)C)OC([Si](C)(C)C)=C1. The van der Waals surface area contributed by atoms with Crippen LogP contribution in [0.15, 0.2) is 70.1 Å². The maximum atomic E-state index is 14.2. The van der Waals surface area contributed by atoms with E-state index in [4.69, 9.17) is 18.9 Å². The zero-order valence-corrected chi connectivity index (χ0v) is 32.2. The van der Waals surface area contributed by atoms with Crippen molar-refractivity contribution in [2.45, 2.75) is 84.2 Å². The summed E-state index contributed by atoms with van der Waals surface area (Å²) in [4.78, 5) is 14.2. The van der Waals surface area contributed by atoms with Crippen LogP contribution >= 0.6 is 0 Å². The molecule has 42 heavy (non-hydrogen) atoms. The van der Waals surface area contributed by atoms with Crippen molar-refractivity contribution in [1.29, 1.82) is 0 Å². The molecule has 0 aliphatic carbocycles. The molecule has 232 valence electrons. The minimum Gasteiger partial charge on any atom is -0.497 e. The summed E-state index contributed by atoms with van der Waals surface area (Å²) in [6.07, 6.45) is 8.43. The van der Waals surface area contributed by atoms with Crippen LogP contribution in [0, 0.1) is 11.3 Å². The minimum absolute atomic E-state index is 0.400. The largest absolute Gasteiger partial charge is 0.497 e. The fourth-order valence-corrected chi connectivity index (χ4v) is 9.77. The number of allylic oxidation sites excluding steroid dienone is 2. The number of rotatable bonds is 9. The van der Waals surface area contributed by atoms with Gasteiger partial charge in [0.25, 0.3) is 0 Å². The molecule has 2 aliphatic heterocycles. The van der Waals surface area contributed by atoms with E-state index in [-0.39, 0.29) is 0 Å². The second-order valence-electron chi connectivity index (χ2n) is 15.7. The number of hydrogen-bond donors (Lipinski definition) is 1. The molecule has 0 aromatic heterocycles. The molecular formula is C32H52O6Si4. The number of hydrogen-bond acceptors (Lipinski definition) is 6. The van der Waals surface area contributed by atoms with E-state index in [0.717, 1.165) is 21.5 Å². The number of carbonyl (C=O) groups is 1. The van der Waals surface area contributed by atoms with E-state index in [1.807, 2.05) is 0 Å². The summed E-state index contributed by atoms with van der Waals surface area (Å²) in [5, 5.41) is 16.8. The molecule has 0 fully saturated rings. The standard InChI is InChI=1S/C32H52O6Si4/c1-35-25-17-15-23(16-18-25)32(34,30(33)36-2)31(21-28(41(9,10)11)38-29(22-31)42(12,13)14)24-19-26(39(3,4)5)37-27(20-24)40(6,7)8/h15-22,24,34H,1-14H3. The highest BCUT2D eigenvalue weighted by Gasteiger charge is 2.61. The Bertz CT molecular complexity index is 1250. The molecule has 0 amide bonds. The predicted molar refractivity (Wildman–Crippen MR) is 183 cm³/mol. The average Bonchev–Trinajstić information content (AvgIpc) is 2.89. The van der Waals surface area contributed by atoms with Crippen molar-refractivity contribution in [2.24, 2.45) is 11.3 Å². The molecule has 6 nitrogen and oxygen atoms in total. The van der Waals surface area contributed by atoms with Crippen molar-refractivity contribution in [3.8, 4) is 5.75 Å². The normalized spacial score (nSPS) is 19.7. The number of ether oxygens (including phenoxy) is 4. The minimum atomic E-state index is -2.09. The Kier molecular flexibility index (Phi) is 9.35. The highest BCUT2D eigenvalue weighted by molar-refractivity contribution is 6.85. The fourth-order valence-electron chi connectivity index (χ4n) is 5.20. The predicted octanol–water partition coefficient (Wildman–Crippen LogP) is 7.76. The lowest BCUT2D eigenvalue weighted by molar-refractivity contribution is -0.176. The Labute approximate surface area is 257 Å². The van der Waals surface area contributed by atoms with Gasteiger partial charge < -0.3 is 24.1 Å². The van der Waals surface area contributed by atoms with Crippen molar-refractivity contribution >= 4 is 38.3 Å². The van der Waals surface area contributed by atoms with Gasteiger partial charge in [-0.2, -0.15) is 0 Å². The van der Waals surface area contributed by atoms with Crippen LogP contribution in [0.1, 0.15) is 5.56 Å². The third-order valence-corrected chi connectivity index (χ3v) is 14.9. The number of methoxy groups -OCH3 is 2. The van der Waals surface area contributed by atoms with Crippen LogP contribution in [0.3, 0.4) is 0 Å². The molecule has 0 radical (unpaired) electrons. The quantitative estimate of drug-likeness (QED) is 0.219. The van der Waals surface area contributed by atoms with Gasteiger partial charge in [-0.3, -0.25) is 0 Å². The monoisotopic (exact) mass is 644 g/mol. The molecule has 10 heteroatoms. The zero-order chi connectivity index (χ0) is 32.1. The average molecular weight is 645 g/mol. The summed E-state index contributed by atoms with van der Waals surface area (Å²) in [6.45, 7) is 27.0. The van der Waals surface area contributed by atoms with Gasteiger partial charge in [0.1, 0.15) is 38.0 Å². The van der Waals surface area contributed by atoms with Gasteiger partial charge in [0.05, 0.1) is 41.2 Å². The van der Waals surface area contributed by atoms with Crippen molar-refractivity contribution in [1.82, 2.24) is 0 Å². The number of esters is 1. The first-order valence-electron chi connectivity index (χ1n) is 14.7. The number of benzene rings is 1. The van der Waals surface area contributed by atoms with Crippen LogP contribution in [-0.4, -0.2) is 57.6 Å². The molecule has 2 aliphatic rings. The summed E-state index contributed by atoms with van der Waals surface area (Å²) in [5.41, 5.74) is -2.90. The van der Waals surface area contributed by atoms with Gasteiger partial charge in [-0.1, -0.05) is 90.7 Å². The van der Waals surface area contributed by atoms with Crippen LogP contribution in [0.4, 0.5) is 0 Å². The Morgan fingerprint density at radius 3 is 1.43 bits per heavy atom. The lowest BCUT2D eigenvalue weighted by atomic mass is 9.60. The first-order valence-corrected chi connectivity index (χ1v) is 28.7. The van der Waals surface area contributed by atoms with Gasteiger partial charge in [0.2, 0.25) is 5.60 Å². The molecule has 3 rings (SSSR count). The third-order valence-electron chi connectivity index (χ3n) is 7.97.